The lowest BCUT2D eigenvalue weighted by Gasteiger charge is -2.08. The van der Waals surface area contributed by atoms with Crippen molar-refractivity contribution in [2.75, 3.05) is 5.32 Å². The SMILES string of the molecule is N#CCc1ccc(NC(=O)c2cc(Br)ccc2Br)cc1. The predicted octanol–water partition coefficient (Wildman–Crippen LogP) is 4.53. The number of hydrogen-bond donors (Lipinski definition) is 1. The van der Waals surface area contributed by atoms with Crippen LogP contribution in [-0.2, 0) is 6.42 Å². The first-order valence-electron chi connectivity index (χ1n) is 5.82. The van der Waals surface area contributed by atoms with E-state index in [0.717, 1.165) is 14.5 Å². The maximum absolute atomic E-state index is 12.2. The van der Waals surface area contributed by atoms with Crippen LogP contribution in [0.3, 0.4) is 0 Å². The highest BCUT2D eigenvalue weighted by molar-refractivity contribution is 9.11. The van der Waals surface area contributed by atoms with Gasteiger partial charge in [-0.25, -0.2) is 0 Å². The summed E-state index contributed by atoms with van der Waals surface area (Å²) in [5.74, 6) is -0.189. The highest BCUT2D eigenvalue weighted by atomic mass is 79.9. The van der Waals surface area contributed by atoms with Gasteiger partial charge in [0.2, 0.25) is 0 Å². The molecule has 100 valence electrons. The molecule has 0 aromatic heterocycles. The van der Waals surface area contributed by atoms with E-state index in [1.165, 1.54) is 0 Å². The number of benzene rings is 2. The lowest BCUT2D eigenvalue weighted by atomic mass is 10.1. The number of nitriles is 1. The summed E-state index contributed by atoms with van der Waals surface area (Å²) in [4.78, 5) is 12.2. The van der Waals surface area contributed by atoms with Crippen molar-refractivity contribution in [3.05, 3.63) is 62.5 Å². The van der Waals surface area contributed by atoms with Gasteiger partial charge in [-0.2, -0.15) is 5.26 Å². The van der Waals surface area contributed by atoms with Crippen molar-refractivity contribution in [1.29, 1.82) is 5.26 Å². The van der Waals surface area contributed by atoms with E-state index in [4.69, 9.17) is 5.26 Å². The lowest BCUT2D eigenvalue weighted by molar-refractivity contribution is 0.102. The molecule has 0 fully saturated rings. The number of carbonyl (C=O) groups excluding carboxylic acids is 1. The zero-order chi connectivity index (χ0) is 14.5. The Morgan fingerprint density at radius 1 is 1.15 bits per heavy atom. The number of halogens is 2. The van der Waals surface area contributed by atoms with Crippen molar-refractivity contribution >= 4 is 43.5 Å². The van der Waals surface area contributed by atoms with Crippen molar-refractivity contribution < 1.29 is 4.79 Å². The molecule has 0 heterocycles. The summed E-state index contributed by atoms with van der Waals surface area (Å²) in [5, 5.41) is 11.4. The number of nitrogens with zero attached hydrogens (tertiary/aromatic N) is 1. The highest BCUT2D eigenvalue weighted by Crippen LogP contribution is 2.22. The number of carbonyl (C=O) groups is 1. The molecule has 1 amide bonds. The summed E-state index contributed by atoms with van der Waals surface area (Å²) in [7, 11) is 0. The topological polar surface area (TPSA) is 52.9 Å². The Hall–Kier alpha value is -1.64. The van der Waals surface area contributed by atoms with Crippen LogP contribution in [-0.4, -0.2) is 5.91 Å². The van der Waals surface area contributed by atoms with Crippen LogP contribution in [0.5, 0.6) is 0 Å². The van der Waals surface area contributed by atoms with Gasteiger partial charge in [0, 0.05) is 14.6 Å². The van der Waals surface area contributed by atoms with Gasteiger partial charge in [0.05, 0.1) is 18.1 Å². The highest BCUT2D eigenvalue weighted by Gasteiger charge is 2.10. The van der Waals surface area contributed by atoms with Crippen LogP contribution in [0.1, 0.15) is 15.9 Å². The third-order valence-corrected chi connectivity index (χ3v) is 3.85. The molecule has 0 unspecified atom stereocenters. The molecular weight excluding hydrogens is 384 g/mol. The van der Waals surface area contributed by atoms with Gasteiger partial charge in [-0.3, -0.25) is 4.79 Å². The Labute approximate surface area is 133 Å². The number of amides is 1. The first-order valence-corrected chi connectivity index (χ1v) is 7.41. The summed E-state index contributed by atoms with van der Waals surface area (Å²) < 4.78 is 1.58. The van der Waals surface area contributed by atoms with Crippen LogP contribution in [0.4, 0.5) is 5.69 Å². The van der Waals surface area contributed by atoms with Gasteiger partial charge in [0.25, 0.3) is 5.91 Å². The number of anilines is 1. The number of rotatable bonds is 3. The lowest BCUT2D eigenvalue weighted by Crippen LogP contribution is -2.12. The summed E-state index contributed by atoms with van der Waals surface area (Å²) in [6.45, 7) is 0. The molecule has 0 aliphatic heterocycles. The van der Waals surface area contributed by atoms with Crippen molar-refractivity contribution in [2.45, 2.75) is 6.42 Å². The van der Waals surface area contributed by atoms with Gasteiger partial charge in [-0.15, -0.1) is 0 Å². The molecule has 2 aromatic carbocycles. The van der Waals surface area contributed by atoms with Crippen LogP contribution in [0.15, 0.2) is 51.4 Å². The predicted molar refractivity (Wildman–Crippen MR) is 85.6 cm³/mol. The minimum Gasteiger partial charge on any atom is -0.322 e. The summed E-state index contributed by atoms with van der Waals surface area (Å²) in [6.07, 6.45) is 0.366. The quantitative estimate of drug-likeness (QED) is 0.832. The number of nitrogens with one attached hydrogen (secondary N) is 1. The fourth-order valence-corrected chi connectivity index (χ4v) is 2.45. The van der Waals surface area contributed by atoms with Crippen molar-refractivity contribution in [2.24, 2.45) is 0 Å². The molecule has 0 aliphatic carbocycles. The maximum Gasteiger partial charge on any atom is 0.256 e. The molecule has 20 heavy (non-hydrogen) atoms. The van der Waals surface area contributed by atoms with E-state index in [1.54, 1.807) is 18.2 Å². The zero-order valence-electron chi connectivity index (χ0n) is 10.4. The van der Waals surface area contributed by atoms with E-state index in [9.17, 15) is 4.79 Å². The van der Waals surface area contributed by atoms with E-state index in [1.807, 2.05) is 24.3 Å². The molecule has 5 heteroatoms. The molecule has 0 saturated carbocycles. The Morgan fingerprint density at radius 2 is 1.85 bits per heavy atom. The second kappa shape index (κ2) is 6.69. The monoisotopic (exact) mass is 392 g/mol. The van der Waals surface area contributed by atoms with Gasteiger partial charge in [0.1, 0.15) is 0 Å². The van der Waals surface area contributed by atoms with Gasteiger partial charge in [-0.1, -0.05) is 28.1 Å². The Bertz CT molecular complexity index is 675. The second-order valence-electron chi connectivity index (χ2n) is 4.11. The van der Waals surface area contributed by atoms with Crippen molar-refractivity contribution in [1.82, 2.24) is 0 Å². The standard InChI is InChI=1S/C15H10Br2N2O/c16-11-3-6-14(17)13(9-11)15(20)19-12-4-1-10(2-5-12)7-8-18/h1-6,9H,7H2,(H,19,20). The van der Waals surface area contributed by atoms with E-state index in [-0.39, 0.29) is 5.91 Å². The fraction of sp³-hybridized carbons (Fsp3) is 0.0667. The minimum absolute atomic E-state index is 0.189. The summed E-state index contributed by atoms with van der Waals surface area (Å²) in [5.41, 5.74) is 2.18. The molecule has 2 rings (SSSR count). The molecule has 0 bridgehead atoms. The van der Waals surface area contributed by atoms with Crippen LogP contribution >= 0.6 is 31.9 Å². The molecule has 0 saturated heterocycles. The van der Waals surface area contributed by atoms with Crippen molar-refractivity contribution in [3.8, 4) is 6.07 Å². The third-order valence-electron chi connectivity index (χ3n) is 2.67. The van der Waals surface area contributed by atoms with Crippen LogP contribution in [0.25, 0.3) is 0 Å². The van der Waals surface area contributed by atoms with Crippen LogP contribution in [0.2, 0.25) is 0 Å². The average Bonchev–Trinajstić information content (AvgIpc) is 2.44. The van der Waals surface area contributed by atoms with Gasteiger partial charge < -0.3 is 5.32 Å². The molecule has 1 N–H and O–H groups in total. The van der Waals surface area contributed by atoms with E-state index < -0.39 is 0 Å². The average molecular weight is 394 g/mol. The molecule has 3 nitrogen and oxygen atoms in total. The first-order chi connectivity index (χ1) is 9.60. The van der Waals surface area contributed by atoms with E-state index >= 15 is 0 Å². The number of hydrogen-bond acceptors (Lipinski definition) is 2. The Balaban J connectivity index is 2.15. The summed E-state index contributed by atoms with van der Waals surface area (Å²) in [6, 6.07) is 14.7. The Kier molecular flexibility index (Phi) is 4.94. The molecule has 0 aliphatic rings. The molecule has 0 radical (unpaired) electrons. The van der Waals surface area contributed by atoms with Crippen LogP contribution < -0.4 is 5.32 Å². The van der Waals surface area contributed by atoms with Gasteiger partial charge in [-0.05, 0) is 51.8 Å². The smallest absolute Gasteiger partial charge is 0.256 e. The van der Waals surface area contributed by atoms with Gasteiger partial charge >= 0.3 is 0 Å². The van der Waals surface area contributed by atoms with E-state index in [0.29, 0.717) is 17.7 Å². The second-order valence-corrected chi connectivity index (χ2v) is 5.88. The fourth-order valence-electron chi connectivity index (χ4n) is 1.67. The molecular formula is C15H10Br2N2O. The molecule has 2 aromatic rings. The van der Waals surface area contributed by atoms with Gasteiger partial charge in [0.15, 0.2) is 0 Å². The summed E-state index contributed by atoms with van der Waals surface area (Å²) >= 11 is 6.70. The van der Waals surface area contributed by atoms with Crippen molar-refractivity contribution in [3.63, 3.8) is 0 Å². The normalized spacial score (nSPS) is 9.85. The Morgan fingerprint density at radius 3 is 2.50 bits per heavy atom. The minimum atomic E-state index is -0.189. The maximum atomic E-state index is 12.2. The molecule has 0 atom stereocenters. The molecule has 0 spiro atoms. The third kappa shape index (κ3) is 3.69. The first kappa shape index (κ1) is 14.8. The van der Waals surface area contributed by atoms with Crippen LogP contribution in [0, 0.1) is 11.3 Å². The van der Waals surface area contributed by atoms with E-state index in [2.05, 4.69) is 43.2 Å². The largest absolute Gasteiger partial charge is 0.322 e. The zero-order valence-corrected chi connectivity index (χ0v) is 13.5.